The Hall–Kier alpha value is -0.220. The van der Waals surface area contributed by atoms with Crippen LogP contribution in [-0.4, -0.2) is 36.5 Å². The Kier molecular flexibility index (Phi) is 6.10. The van der Waals surface area contributed by atoms with E-state index in [9.17, 15) is 4.79 Å². The first-order valence-corrected chi connectivity index (χ1v) is 7.08. The monoisotopic (exact) mass is 230 g/mol. The van der Waals surface area contributed by atoms with Gasteiger partial charge in [-0.3, -0.25) is 4.79 Å². The minimum Gasteiger partial charge on any atom is -0.355 e. The summed E-state index contributed by atoms with van der Waals surface area (Å²) in [6.07, 6.45) is 7.23. The van der Waals surface area contributed by atoms with Gasteiger partial charge in [0.05, 0.1) is 6.54 Å². The smallest absolute Gasteiger partial charge is 0.233 e. The third-order valence-electron chi connectivity index (χ3n) is 2.88. The van der Waals surface area contributed by atoms with E-state index in [2.05, 4.69) is 16.9 Å². The minimum atomic E-state index is 0.115. The average molecular weight is 230 g/mol. The van der Waals surface area contributed by atoms with Crippen molar-refractivity contribution in [2.45, 2.75) is 43.9 Å². The van der Waals surface area contributed by atoms with Crippen LogP contribution >= 0.6 is 11.8 Å². The molecule has 1 saturated carbocycles. The van der Waals surface area contributed by atoms with E-state index in [0.717, 1.165) is 11.8 Å². The molecule has 0 aliphatic heterocycles. The molecule has 0 aromatic carbocycles. The van der Waals surface area contributed by atoms with Gasteiger partial charge < -0.3 is 10.6 Å². The second kappa shape index (κ2) is 7.12. The molecule has 2 N–H and O–H groups in total. The van der Waals surface area contributed by atoms with Crippen molar-refractivity contribution in [3.05, 3.63) is 0 Å². The van der Waals surface area contributed by atoms with Gasteiger partial charge in [0.15, 0.2) is 0 Å². The molecule has 0 aromatic heterocycles. The Bertz CT molecular complexity index is 199. The predicted octanol–water partition coefficient (Wildman–Crippen LogP) is 1.39. The fraction of sp³-hybridized carbons (Fsp3) is 0.909. The van der Waals surface area contributed by atoms with Gasteiger partial charge in [-0.1, -0.05) is 6.42 Å². The zero-order chi connectivity index (χ0) is 11.1. The molecule has 1 aliphatic rings. The number of hydrogen-bond acceptors (Lipinski definition) is 3. The van der Waals surface area contributed by atoms with E-state index >= 15 is 0 Å². The number of rotatable bonds is 5. The Morgan fingerprint density at radius 1 is 1.47 bits per heavy atom. The first-order chi connectivity index (χ1) is 7.26. The second-order valence-electron chi connectivity index (χ2n) is 4.06. The average Bonchev–Trinajstić information content (AvgIpc) is 2.27. The number of carbonyl (C=O) groups is 1. The highest BCUT2D eigenvalue weighted by Gasteiger charge is 2.21. The normalized spacial score (nSPS) is 26.3. The fourth-order valence-corrected chi connectivity index (χ4v) is 2.87. The van der Waals surface area contributed by atoms with Crippen molar-refractivity contribution in [1.29, 1.82) is 0 Å². The Morgan fingerprint density at radius 2 is 2.27 bits per heavy atom. The number of nitrogens with one attached hydrogen (secondary N) is 2. The van der Waals surface area contributed by atoms with Crippen LogP contribution in [0.2, 0.25) is 0 Å². The summed E-state index contributed by atoms with van der Waals surface area (Å²) in [5.41, 5.74) is 0. The highest BCUT2D eigenvalue weighted by molar-refractivity contribution is 7.99. The van der Waals surface area contributed by atoms with Crippen molar-refractivity contribution in [2.24, 2.45) is 0 Å². The van der Waals surface area contributed by atoms with Crippen LogP contribution in [0.4, 0.5) is 0 Å². The van der Waals surface area contributed by atoms with Crippen LogP contribution in [0.1, 0.15) is 32.6 Å². The number of carbonyl (C=O) groups excluding carboxylic acids is 1. The lowest BCUT2D eigenvalue weighted by Crippen LogP contribution is -2.41. The maximum atomic E-state index is 11.3. The molecule has 3 nitrogen and oxygen atoms in total. The highest BCUT2D eigenvalue weighted by atomic mass is 32.2. The molecule has 1 rings (SSSR count). The molecule has 2 atom stereocenters. The molecule has 0 saturated heterocycles. The van der Waals surface area contributed by atoms with Gasteiger partial charge in [-0.25, -0.2) is 0 Å². The van der Waals surface area contributed by atoms with E-state index < -0.39 is 0 Å². The van der Waals surface area contributed by atoms with E-state index in [0.29, 0.717) is 12.6 Å². The van der Waals surface area contributed by atoms with Gasteiger partial charge >= 0.3 is 0 Å². The molecule has 1 amide bonds. The summed E-state index contributed by atoms with van der Waals surface area (Å²) in [5, 5.41) is 6.93. The molecular weight excluding hydrogens is 208 g/mol. The molecule has 1 fully saturated rings. The standard InChI is InChI=1S/C11H22N2OS/c1-3-12-11(14)8-13-9-5-4-6-10(7-9)15-2/h9-10,13H,3-8H2,1-2H3,(H,12,14). The lowest BCUT2D eigenvalue weighted by atomic mass is 9.95. The quantitative estimate of drug-likeness (QED) is 0.750. The molecular formula is C11H22N2OS. The fourth-order valence-electron chi connectivity index (χ4n) is 2.04. The Balaban J connectivity index is 2.17. The van der Waals surface area contributed by atoms with Gasteiger partial charge in [0.1, 0.15) is 0 Å². The van der Waals surface area contributed by atoms with Gasteiger partial charge in [0.25, 0.3) is 0 Å². The molecule has 88 valence electrons. The Morgan fingerprint density at radius 3 is 2.93 bits per heavy atom. The molecule has 0 radical (unpaired) electrons. The zero-order valence-electron chi connectivity index (χ0n) is 9.71. The van der Waals surface area contributed by atoms with E-state index in [4.69, 9.17) is 0 Å². The van der Waals surface area contributed by atoms with E-state index in [1.807, 2.05) is 18.7 Å². The summed E-state index contributed by atoms with van der Waals surface area (Å²) >= 11 is 1.95. The van der Waals surface area contributed by atoms with Crippen molar-refractivity contribution < 1.29 is 4.79 Å². The highest BCUT2D eigenvalue weighted by Crippen LogP contribution is 2.26. The molecule has 0 spiro atoms. The van der Waals surface area contributed by atoms with E-state index in [1.54, 1.807) is 0 Å². The van der Waals surface area contributed by atoms with Crippen LogP contribution in [0.3, 0.4) is 0 Å². The first-order valence-electron chi connectivity index (χ1n) is 5.79. The van der Waals surface area contributed by atoms with Crippen LogP contribution in [-0.2, 0) is 4.79 Å². The number of thioether (sulfide) groups is 1. The van der Waals surface area contributed by atoms with Crippen molar-refractivity contribution in [2.75, 3.05) is 19.3 Å². The van der Waals surface area contributed by atoms with Gasteiger partial charge in [0, 0.05) is 17.8 Å². The Labute approximate surface area is 96.8 Å². The summed E-state index contributed by atoms with van der Waals surface area (Å²) in [6.45, 7) is 3.14. The van der Waals surface area contributed by atoms with Gasteiger partial charge in [-0.2, -0.15) is 11.8 Å². The molecule has 0 aromatic rings. The van der Waals surface area contributed by atoms with Gasteiger partial charge in [0.2, 0.25) is 5.91 Å². The van der Waals surface area contributed by atoms with Crippen LogP contribution < -0.4 is 10.6 Å². The number of likely N-dealkylation sites (N-methyl/N-ethyl adjacent to an activating group) is 1. The first kappa shape index (κ1) is 12.8. The lowest BCUT2D eigenvalue weighted by molar-refractivity contribution is -0.120. The van der Waals surface area contributed by atoms with Crippen molar-refractivity contribution in [3.63, 3.8) is 0 Å². The van der Waals surface area contributed by atoms with Gasteiger partial charge in [-0.15, -0.1) is 0 Å². The molecule has 15 heavy (non-hydrogen) atoms. The van der Waals surface area contributed by atoms with Crippen molar-refractivity contribution in [1.82, 2.24) is 10.6 Å². The van der Waals surface area contributed by atoms with Crippen LogP contribution in [0, 0.1) is 0 Å². The zero-order valence-corrected chi connectivity index (χ0v) is 10.5. The number of amides is 1. The maximum absolute atomic E-state index is 11.3. The van der Waals surface area contributed by atoms with Gasteiger partial charge in [-0.05, 0) is 32.4 Å². The van der Waals surface area contributed by atoms with Crippen molar-refractivity contribution in [3.8, 4) is 0 Å². The third kappa shape index (κ3) is 4.89. The van der Waals surface area contributed by atoms with E-state index in [1.165, 1.54) is 25.7 Å². The summed E-state index contributed by atoms with van der Waals surface area (Å²) in [5.74, 6) is 0.115. The molecule has 0 heterocycles. The minimum absolute atomic E-state index is 0.115. The summed E-state index contributed by atoms with van der Waals surface area (Å²) in [7, 11) is 0. The maximum Gasteiger partial charge on any atom is 0.233 e. The SMILES string of the molecule is CCNC(=O)CNC1CCCC(SC)C1. The molecule has 4 heteroatoms. The molecule has 1 aliphatic carbocycles. The largest absolute Gasteiger partial charge is 0.355 e. The predicted molar refractivity (Wildman–Crippen MR) is 66.2 cm³/mol. The molecule has 0 bridgehead atoms. The van der Waals surface area contributed by atoms with Crippen LogP contribution in [0.5, 0.6) is 0 Å². The van der Waals surface area contributed by atoms with Crippen molar-refractivity contribution >= 4 is 17.7 Å². The van der Waals surface area contributed by atoms with Crippen LogP contribution in [0.15, 0.2) is 0 Å². The summed E-state index contributed by atoms with van der Waals surface area (Å²) in [4.78, 5) is 11.3. The topological polar surface area (TPSA) is 41.1 Å². The van der Waals surface area contributed by atoms with E-state index in [-0.39, 0.29) is 5.91 Å². The second-order valence-corrected chi connectivity index (χ2v) is 5.19. The van der Waals surface area contributed by atoms with Crippen LogP contribution in [0.25, 0.3) is 0 Å². The number of hydrogen-bond donors (Lipinski definition) is 2. The third-order valence-corrected chi connectivity index (χ3v) is 3.98. The summed E-state index contributed by atoms with van der Waals surface area (Å²) in [6, 6.07) is 0.541. The lowest BCUT2D eigenvalue weighted by Gasteiger charge is -2.28. The molecule has 2 unspecified atom stereocenters. The summed E-state index contributed by atoms with van der Waals surface area (Å²) < 4.78 is 0.